The SMILES string of the molecule is C1=C2CCC3CCCC3C2ON1. The fourth-order valence-corrected chi connectivity index (χ4v) is 3.09. The van der Waals surface area contributed by atoms with Gasteiger partial charge >= 0.3 is 0 Å². The highest BCUT2D eigenvalue weighted by Gasteiger charge is 2.41. The van der Waals surface area contributed by atoms with Crippen molar-refractivity contribution >= 4 is 0 Å². The van der Waals surface area contributed by atoms with Crippen LogP contribution in [0.2, 0.25) is 0 Å². The van der Waals surface area contributed by atoms with E-state index >= 15 is 0 Å². The molecule has 0 aromatic heterocycles. The van der Waals surface area contributed by atoms with Crippen molar-refractivity contribution in [2.45, 2.75) is 38.2 Å². The summed E-state index contributed by atoms with van der Waals surface area (Å²) in [6.07, 6.45) is 9.41. The van der Waals surface area contributed by atoms with Crippen molar-refractivity contribution in [2.24, 2.45) is 11.8 Å². The molecular formula is C10H15NO. The van der Waals surface area contributed by atoms with Crippen LogP contribution in [0.1, 0.15) is 32.1 Å². The molecule has 0 spiro atoms. The van der Waals surface area contributed by atoms with Gasteiger partial charge in [0, 0.05) is 6.20 Å². The number of hydrogen-bond acceptors (Lipinski definition) is 2. The maximum atomic E-state index is 5.53. The summed E-state index contributed by atoms with van der Waals surface area (Å²) in [6, 6.07) is 0. The highest BCUT2D eigenvalue weighted by molar-refractivity contribution is 5.16. The lowest BCUT2D eigenvalue weighted by molar-refractivity contribution is -0.0123. The summed E-state index contributed by atoms with van der Waals surface area (Å²) in [5, 5.41) is 0. The average molecular weight is 165 g/mol. The molecule has 12 heavy (non-hydrogen) atoms. The summed E-state index contributed by atoms with van der Waals surface area (Å²) < 4.78 is 0. The Morgan fingerprint density at radius 3 is 3.33 bits per heavy atom. The lowest BCUT2D eigenvalue weighted by Gasteiger charge is -2.31. The molecule has 0 radical (unpaired) electrons. The maximum absolute atomic E-state index is 5.53. The second-order valence-electron chi connectivity index (χ2n) is 4.27. The summed E-state index contributed by atoms with van der Waals surface area (Å²) in [6.45, 7) is 0. The van der Waals surface area contributed by atoms with E-state index in [2.05, 4.69) is 11.7 Å². The predicted molar refractivity (Wildman–Crippen MR) is 46.2 cm³/mol. The van der Waals surface area contributed by atoms with Gasteiger partial charge in [0.1, 0.15) is 6.10 Å². The Bertz CT molecular complexity index is 224. The van der Waals surface area contributed by atoms with Crippen molar-refractivity contribution in [3.63, 3.8) is 0 Å². The minimum Gasteiger partial charge on any atom is -0.274 e. The van der Waals surface area contributed by atoms with E-state index < -0.39 is 0 Å². The quantitative estimate of drug-likeness (QED) is 0.592. The zero-order valence-corrected chi connectivity index (χ0v) is 7.25. The summed E-state index contributed by atoms with van der Waals surface area (Å²) in [4.78, 5) is 5.53. The summed E-state index contributed by atoms with van der Waals surface area (Å²) in [5.41, 5.74) is 4.43. The van der Waals surface area contributed by atoms with Gasteiger partial charge in [-0.25, -0.2) is 0 Å². The van der Waals surface area contributed by atoms with Crippen molar-refractivity contribution < 1.29 is 4.84 Å². The van der Waals surface area contributed by atoms with Crippen LogP contribution in [0, 0.1) is 11.8 Å². The first-order chi connectivity index (χ1) is 5.95. The third kappa shape index (κ3) is 0.845. The van der Waals surface area contributed by atoms with Gasteiger partial charge in [-0.05, 0) is 36.7 Å². The Morgan fingerprint density at radius 1 is 1.33 bits per heavy atom. The van der Waals surface area contributed by atoms with Gasteiger partial charge in [-0.1, -0.05) is 12.8 Å². The van der Waals surface area contributed by atoms with Crippen molar-refractivity contribution in [2.75, 3.05) is 0 Å². The molecule has 0 saturated heterocycles. The zero-order chi connectivity index (χ0) is 7.97. The monoisotopic (exact) mass is 165 g/mol. The lowest BCUT2D eigenvalue weighted by Crippen LogP contribution is -2.31. The summed E-state index contributed by atoms with van der Waals surface area (Å²) in [7, 11) is 0. The second-order valence-corrected chi connectivity index (χ2v) is 4.27. The third-order valence-corrected chi connectivity index (χ3v) is 3.72. The first-order valence-corrected chi connectivity index (χ1v) is 5.05. The number of fused-ring (bicyclic) bond motifs is 3. The van der Waals surface area contributed by atoms with Crippen LogP contribution >= 0.6 is 0 Å². The van der Waals surface area contributed by atoms with Gasteiger partial charge in [-0.2, -0.15) is 0 Å². The Balaban J connectivity index is 1.87. The highest BCUT2D eigenvalue weighted by atomic mass is 16.7. The molecule has 2 fully saturated rings. The predicted octanol–water partition coefficient (Wildman–Crippen LogP) is 1.98. The Kier molecular flexibility index (Phi) is 1.44. The smallest absolute Gasteiger partial charge is 0.111 e. The standard InChI is InChI=1S/C10H15NO/c1-2-7-4-5-8-6-11-12-10(8)9(7)3-1/h6-7,9-11H,1-5H2. The van der Waals surface area contributed by atoms with Crippen LogP contribution in [0.5, 0.6) is 0 Å². The fraction of sp³-hybridized carbons (Fsp3) is 0.800. The maximum Gasteiger partial charge on any atom is 0.111 e. The molecule has 66 valence electrons. The molecule has 0 bridgehead atoms. The Labute approximate surface area is 72.9 Å². The molecule has 0 aromatic carbocycles. The molecule has 3 rings (SSSR count). The van der Waals surface area contributed by atoms with Crippen LogP contribution in [-0.4, -0.2) is 6.10 Å². The van der Waals surface area contributed by atoms with E-state index in [9.17, 15) is 0 Å². The van der Waals surface area contributed by atoms with E-state index in [1.165, 1.54) is 37.7 Å². The van der Waals surface area contributed by atoms with Gasteiger partial charge in [0.15, 0.2) is 0 Å². The van der Waals surface area contributed by atoms with Crippen molar-refractivity contribution in [1.82, 2.24) is 5.48 Å². The molecule has 2 heteroatoms. The van der Waals surface area contributed by atoms with Crippen LogP contribution in [-0.2, 0) is 4.84 Å². The molecule has 0 amide bonds. The topological polar surface area (TPSA) is 21.3 Å². The van der Waals surface area contributed by atoms with Gasteiger partial charge in [-0.15, -0.1) is 0 Å². The number of nitrogens with one attached hydrogen (secondary N) is 1. The molecule has 1 aliphatic heterocycles. The van der Waals surface area contributed by atoms with E-state index in [0.29, 0.717) is 6.10 Å². The van der Waals surface area contributed by atoms with E-state index in [-0.39, 0.29) is 0 Å². The second kappa shape index (κ2) is 2.49. The molecule has 2 nitrogen and oxygen atoms in total. The van der Waals surface area contributed by atoms with Crippen molar-refractivity contribution in [1.29, 1.82) is 0 Å². The minimum absolute atomic E-state index is 0.436. The Hall–Kier alpha value is -0.500. The molecule has 3 atom stereocenters. The van der Waals surface area contributed by atoms with Crippen LogP contribution in [0.25, 0.3) is 0 Å². The third-order valence-electron chi connectivity index (χ3n) is 3.72. The molecule has 0 aromatic rings. The molecule has 3 aliphatic rings. The van der Waals surface area contributed by atoms with Gasteiger partial charge in [0.05, 0.1) is 0 Å². The average Bonchev–Trinajstić information content (AvgIpc) is 2.71. The molecule has 2 saturated carbocycles. The van der Waals surface area contributed by atoms with Gasteiger partial charge in [0.25, 0.3) is 0 Å². The lowest BCUT2D eigenvalue weighted by atomic mass is 9.77. The highest BCUT2D eigenvalue weighted by Crippen LogP contribution is 2.46. The van der Waals surface area contributed by atoms with Crippen LogP contribution in [0.15, 0.2) is 11.8 Å². The molecule has 3 unspecified atom stereocenters. The van der Waals surface area contributed by atoms with Crippen molar-refractivity contribution in [3.05, 3.63) is 11.8 Å². The van der Waals surface area contributed by atoms with E-state index in [1.807, 2.05) is 0 Å². The fourth-order valence-electron chi connectivity index (χ4n) is 3.09. The van der Waals surface area contributed by atoms with Crippen LogP contribution in [0.4, 0.5) is 0 Å². The number of rotatable bonds is 0. The number of hydroxylamine groups is 1. The largest absolute Gasteiger partial charge is 0.274 e. The molecule has 2 aliphatic carbocycles. The minimum atomic E-state index is 0.436. The van der Waals surface area contributed by atoms with Gasteiger partial charge < -0.3 is 0 Å². The zero-order valence-electron chi connectivity index (χ0n) is 7.25. The van der Waals surface area contributed by atoms with Gasteiger partial charge in [0.2, 0.25) is 0 Å². The normalized spacial score (nSPS) is 44.7. The first-order valence-electron chi connectivity index (χ1n) is 5.05. The number of hydrogen-bond donors (Lipinski definition) is 1. The first kappa shape index (κ1) is 6.96. The molecule has 1 N–H and O–H groups in total. The Morgan fingerprint density at radius 2 is 2.33 bits per heavy atom. The van der Waals surface area contributed by atoms with E-state index in [1.54, 1.807) is 0 Å². The molecular weight excluding hydrogens is 150 g/mol. The van der Waals surface area contributed by atoms with E-state index in [0.717, 1.165) is 11.8 Å². The summed E-state index contributed by atoms with van der Waals surface area (Å²) in [5.74, 6) is 1.80. The molecule has 1 heterocycles. The van der Waals surface area contributed by atoms with Gasteiger partial charge in [-0.3, -0.25) is 10.3 Å². The van der Waals surface area contributed by atoms with Crippen LogP contribution < -0.4 is 5.48 Å². The van der Waals surface area contributed by atoms with Crippen LogP contribution in [0.3, 0.4) is 0 Å². The van der Waals surface area contributed by atoms with E-state index in [4.69, 9.17) is 4.84 Å². The van der Waals surface area contributed by atoms with Crippen molar-refractivity contribution in [3.8, 4) is 0 Å². The summed E-state index contributed by atoms with van der Waals surface area (Å²) >= 11 is 0.